The minimum atomic E-state index is 0.933. The maximum absolute atomic E-state index is 2.73. The van der Waals surface area contributed by atoms with E-state index in [9.17, 15) is 0 Å². The maximum atomic E-state index is 2.73. The van der Waals surface area contributed by atoms with E-state index in [-0.39, 0.29) is 0 Å². The topological polar surface area (TPSA) is 6.48 Å². The summed E-state index contributed by atoms with van der Waals surface area (Å²) in [6, 6.07) is 0.933. The maximum Gasteiger partial charge on any atom is 0.0254 e. The zero-order valence-electron chi connectivity index (χ0n) is 7.87. The Balaban J connectivity index is 1.74. The molecule has 3 aliphatic rings. The number of piperazine rings is 1. The van der Waals surface area contributed by atoms with E-state index in [1.165, 1.54) is 39.0 Å². The van der Waals surface area contributed by atoms with E-state index in [1.807, 2.05) is 0 Å². The highest BCUT2D eigenvalue weighted by atomic mass is 15.3. The van der Waals surface area contributed by atoms with Crippen molar-refractivity contribution in [2.24, 2.45) is 11.8 Å². The highest BCUT2D eigenvalue weighted by Gasteiger charge is 2.49. The summed E-state index contributed by atoms with van der Waals surface area (Å²) < 4.78 is 0. The lowest BCUT2D eigenvalue weighted by Crippen LogP contribution is -2.54. The van der Waals surface area contributed by atoms with Gasteiger partial charge < -0.3 is 4.90 Å². The van der Waals surface area contributed by atoms with E-state index in [4.69, 9.17) is 0 Å². The van der Waals surface area contributed by atoms with Gasteiger partial charge in [-0.3, -0.25) is 4.90 Å². The van der Waals surface area contributed by atoms with E-state index in [0.29, 0.717) is 0 Å². The fourth-order valence-corrected chi connectivity index (χ4v) is 3.08. The molecule has 2 heteroatoms. The molecule has 0 aromatic heterocycles. The molecule has 0 bridgehead atoms. The summed E-state index contributed by atoms with van der Waals surface area (Å²) in [5.41, 5.74) is 0. The quantitative estimate of drug-likeness (QED) is 0.521. The number of likely N-dealkylation sites (N-methyl/N-ethyl adjacent to an activating group) is 1. The Labute approximate surface area is 74.5 Å². The second-order valence-electron chi connectivity index (χ2n) is 4.81. The van der Waals surface area contributed by atoms with Crippen LogP contribution in [0.2, 0.25) is 0 Å². The molecule has 12 heavy (non-hydrogen) atoms. The first kappa shape index (κ1) is 7.34. The van der Waals surface area contributed by atoms with Crippen molar-refractivity contribution in [3.05, 3.63) is 0 Å². The molecule has 2 aliphatic heterocycles. The molecular weight excluding hydrogens is 148 g/mol. The average molecular weight is 166 g/mol. The largest absolute Gasteiger partial charge is 0.304 e. The molecule has 0 spiro atoms. The lowest BCUT2D eigenvalue weighted by Gasteiger charge is -2.42. The van der Waals surface area contributed by atoms with Crippen LogP contribution in [-0.4, -0.2) is 49.1 Å². The first-order valence-corrected chi connectivity index (χ1v) is 5.27. The minimum absolute atomic E-state index is 0.933. The van der Waals surface area contributed by atoms with E-state index < -0.39 is 0 Å². The monoisotopic (exact) mass is 166 g/mol. The fourth-order valence-electron chi connectivity index (χ4n) is 3.08. The predicted octanol–water partition coefficient (Wildman–Crippen LogP) is 0.642. The van der Waals surface area contributed by atoms with E-state index in [2.05, 4.69) is 16.8 Å². The van der Waals surface area contributed by atoms with Crippen molar-refractivity contribution in [1.82, 2.24) is 9.80 Å². The molecule has 3 atom stereocenters. The molecule has 3 fully saturated rings. The van der Waals surface area contributed by atoms with Gasteiger partial charge in [-0.05, 0) is 38.3 Å². The Morgan fingerprint density at radius 1 is 1.17 bits per heavy atom. The lowest BCUT2D eigenvalue weighted by atomic mass is 10.00. The van der Waals surface area contributed by atoms with Crippen LogP contribution in [0.15, 0.2) is 0 Å². The smallest absolute Gasteiger partial charge is 0.0254 e. The number of hydrogen-bond donors (Lipinski definition) is 0. The van der Waals surface area contributed by atoms with Crippen molar-refractivity contribution < 1.29 is 0 Å². The van der Waals surface area contributed by atoms with Gasteiger partial charge in [-0.15, -0.1) is 0 Å². The molecule has 0 aromatic carbocycles. The predicted molar refractivity (Wildman–Crippen MR) is 49.1 cm³/mol. The van der Waals surface area contributed by atoms with Crippen LogP contribution in [0.4, 0.5) is 0 Å². The Morgan fingerprint density at radius 2 is 2.08 bits per heavy atom. The normalized spacial score (nSPS) is 48.2. The van der Waals surface area contributed by atoms with E-state index in [0.717, 1.165) is 17.9 Å². The molecule has 0 amide bonds. The van der Waals surface area contributed by atoms with Crippen LogP contribution in [0.5, 0.6) is 0 Å². The lowest BCUT2D eigenvalue weighted by molar-refractivity contribution is 0.0542. The van der Waals surface area contributed by atoms with Gasteiger partial charge in [-0.1, -0.05) is 0 Å². The summed E-state index contributed by atoms with van der Waals surface area (Å²) in [6.07, 6.45) is 3.03. The molecular formula is C10H18N2. The van der Waals surface area contributed by atoms with Crippen molar-refractivity contribution in [3.8, 4) is 0 Å². The van der Waals surface area contributed by atoms with Crippen molar-refractivity contribution in [1.29, 1.82) is 0 Å². The molecule has 1 saturated carbocycles. The van der Waals surface area contributed by atoms with Gasteiger partial charge in [0.25, 0.3) is 0 Å². The number of rotatable bonds is 0. The third-order valence-electron chi connectivity index (χ3n) is 4.00. The summed E-state index contributed by atoms with van der Waals surface area (Å²) in [5.74, 6) is 2.21. The molecule has 1 aliphatic carbocycles. The van der Waals surface area contributed by atoms with Crippen molar-refractivity contribution >= 4 is 0 Å². The molecule has 3 rings (SSSR count). The SMILES string of the molecule is CN1CCN2CCC3CC3C2C1. The standard InChI is InChI=1S/C10H18N2/c1-11-4-5-12-3-2-8-6-9(8)10(12)7-11/h8-10H,2-7H2,1H3. The summed E-state index contributed by atoms with van der Waals surface area (Å²) in [5, 5.41) is 0. The van der Waals surface area contributed by atoms with Gasteiger partial charge in [-0.25, -0.2) is 0 Å². The second-order valence-corrected chi connectivity index (χ2v) is 4.81. The molecule has 0 radical (unpaired) electrons. The molecule has 0 aromatic rings. The summed E-state index contributed by atoms with van der Waals surface area (Å²) in [4.78, 5) is 5.23. The highest BCUT2D eigenvalue weighted by molar-refractivity contribution is 5.02. The van der Waals surface area contributed by atoms with Crippen LogP contribution < -0.4 is 0 Å². The van der Waals surface area contributed by atoms with Gasteiger partial charge in [-0.2, -0.15) is 0 Å². The summed E-state index contributed by atoms with van der Waals surface area (Å²) in [6.45, 7) is 5.33. The fraction of sp³-hybridized carbons (Fsp3) is 1.00. The molecule has 0 N–H and O–H groups in total. The second kappa shape index (κ2) is 2.46. The van der Waals surface area contributed by atoms with Gasteiger partial charge >= 0.3 is 0 Å². The third kappa shape index (κ3) is 1.01. The van der Waals surface area contributed by atoms with Gasteiger partial charge in [0.15, 0.2) is 0 Å². The number of piperidine rings is 1. The van der Waals surface area contributed by atoms with Crippen molar-refractivity contribution in [3.63, 3.8) is 0 Å². The Hall–Kier alpha value is -0.0800. The van der Waals surface area contributed by atoms with E-state index in [1.54, 1.807) is 0 Å². The van der Waals surface area contributed by atoms with Gasteiger partial charge in [0, 0.05) is 25.7 Å². The van der Waals surface area contributed by atoms with Crippen LogP contribution in [0, 0.1) is 11.8 Å². The van der Waals surface area contributed by atoms with Gasteiger partial charge in [0.2, 0.25) is 0 Å². The van der Waals surface area contributed by atoms with Crippen molar-refractivity contribution in [2.45, 2.75) is 18.9 Å². The van der Waals surface area contributed by atoms with Crippen LogP contribution in [-0.2, 0) is 0 Å². The zero-order valence-corrected chi connectivity index (χ0v) is 7.87. The third-order valence-corrected chi connectivity index (χ3v) is 4.00. The molecule has 2 heterocycles. The summed E-state index contributed by atoms with van der Waals surface area (Å²) in [7, 11) is 2.27. The molecule has 3 unspecified atom stereocenters. The van der Waals surface area contributed by atoms with Gasteiger partial charge in [0.1, 0.15) is 0 Å². The van der Waals surface area contributed by atoms with Crippen molar-refractivity contribution in [2.75, 3.05) is 33.2 Å². The first-order valence-electron chi connectivity index (χ1n) is 5.27. The number of hydrogen-bond acceptors (Lipinski definition) is 2. The number of nitrogens with zero attached hydrogens (tertiary/aromatic N) is 2. The van der Waals surface area contributed by atoms with Crippen LogP contribution >= 0.6 is 0 Å². The van der Waals surface area contributed by atoms with Crippen LogP contribution in [0.1, 0.15) is 12.8 Å². The van der Waals surface area contributed by atoms with Crippen LogP contribution in [0.3, 0.4) is 0 Å². The highest BCUT2D eigenvalue weighted by Crippen LogP contribution is 2.49. The van der Waals surface area contributed by atoms with E-state index >= 15 is 0 Å². The molecule has 68 valence electrons. The Morgan fingerprint density at radius 3 is 3.00 bits per heavy atom. The molecule has 2 nitrogen and oxygen atoms in total. The summed E-state index contributed by atoms with van der Waals surface area (Å²) >= 11 is 0. The first-order chi connectivity index (χ1) is 5.84. The molecule has 2 saturated heterocycles. The Kier molecular flexibility index (Phi) is 1.50. The van der Waals surface area contributed by atoms with Gasteiger partial charge in [0.05, 0.1) is 0 Å². The van der Waals surface area contributed by atoms with Crippen LogP contribution in [0.25, 0.3) is 0 Å². The average Bonchev–Trinajstić information content (AvgIpc) is 2.82. The Bertz CT molecular complexity index is 192. The number of fused-ring (bicyclic) bond motifs is 3. The zero-order chi connectivity index (χ0) is 8.13. The minimum Gasteiger partial charge on any atom is -0.304 e.